The lowest BCUT2D eigenvalue weighted by Crippen LogP contribution is -2.39. The van der Waals surface area contributed by atoms with E-state index in [1.807, 2.05) is 0 Å². The highest BCUT2D eigenvalue weighted by Crippen LogP contribution is 2.56. The van der Waals surface area contributed by atoms with E-state index < -0.39 is 0 Å². The van der Waals surface area contributed by atoms with Crippen molar-refractivity contribution >= 4 is 11.8 Å². The summed E-state index contributed by atoms with van der Waals surface area (Å²) in [5.41, 5.74) is 7.57. The Balaban J connectivity index is 2.00. The SMILES string of the molecule is N[C@H]1CC2(CCC2)Sc2ccccc21. The fourth-order valence-corrected chi connectivity index (χ4v) is 4.25. The fraction of sp³-hybridized carbons (Fsp3) is 0.500. The van der Waals surface area contributed by atoms with E-state index in [0.29, 0.717) is 4.75 Å². The minimum Gasteiger partial charge on any atom is -0.324 e. The highest BCUT2D eigenvalue weighted by Gasteiger charge is 2.43. The van der Waals surface area contributed by atoms with E-state index in [9.17, 15) is 0 Å². The Morgan fingerprint density at radius 1 is 1.29 bits per heavy atom. The third-order valence-corrected chi connectivity index (χ3v) is 5.10. The summed E-state index contributed by atoms with van der Waals surface area (Å²) in [5.74, 6) is 0. The number of benzene rings is 1. The molecule has 2 aliphatic rings. The smallest absolute Gasteiger partial charge is 0.0319 e. The zero-order valence-electron chi connectivity index (χ0n) is 8.20. The Kier molecular flexibility index (Phi) is 1.89. The van der Waals surface area contributed by atoms with Crippen LogP contribution in [-0.2, 0) is 0 Å². The average Bonchev–Trinajstić information content (AvgIpc) is 2.15. The van der Waals surface area contributed by atoms with Crippen LogP contribution in [0.2, 0.25) is 0 Å². The second-order valence-electron chi connectivity index (χ2n) is 4.49. The van der Waals surface area contributed by atoms with Gasteiger partial charge in [0.2, 0.25) is 0 Å². The van der Waals surface area contributed by atoms with Crippen molar-refractivity contribution in [1.82, 2.24) is 0 Å². The first-order valence-electron chi connectivity index (χ1n) is 5.33. The van der Waals surface area contributed by atoms with Crippen LogP contribution in [0.25, 0.3) is 0 Å². The van der Waals surface area contributed by atoms with Crippen LogP contribution in [0.5, 0.6) is 0 Å². The van der Waals surface area contributed by atoms with Gasteiger partial charge in [-0.15, -0.1) is 11.8 Å². The van der Waals surface area contributed by atoms with Gasteiger partial charge >= 0.3 is 0 Å². The van der Waals surface area contributed by atoms with Crippen molar-refractivity contribution in [2.24, 2.45) is 5.73 Å². The molecule has 1 saturated carbocycles. The van der Waals surface area contributed by atoms with Crippen molar-refractivity contribution in [2.75, 3.05) is 0 Å². The van der Waals surface area contributed by atoms with Gasteiger partial charge in [0.15, 0.2) is 0 Å². The van der Waals surface area contributed by atoms with E-state index in [1.54, 1.807) is 0 Å². The lowest BCUT2D eigenvalue weighted by atomic mass is 9.78. The summed E-state index contributed by atoms with van der Waals surface area (Å²) < 4.78 is 0.508. The van der Waals surface area contributed by atoms with Gasteiger partial charge in [-0.1, -0.05) is 24.6 Å². The number of hydrogen-bond donors (Lipinski definition) is 1. The third-order valence-electron chi connectivity index (χ3n) is 3.50. The number of rotatable bonds is 0. The second-order valence-corrected chi connectivity index (χ2v) is 6.00. The molecule has 0 aromatic heterocycles. The van der Waals surface area contributed by atoms with Crippen LogP contribution in [-0.4, -0.2) is 4.75 Å². The van der Waals surface area contributed by atoms with Gasteiger partial charge in [-0.3, -0.25) is 0 Å². The number of nitrogens with two attached hydrogens (primary N) is 1. The van der Waals surface area contributed by atoms with Crippen LogP contribution in [0.3, 0.4) is 0 Å². The van der Waals surface area contributed by atoms with Gasteiger partial charge in [-0.05, 0) is 30.9 Å². The first-order valence-corrected chi connectivity index (χ1v) is 6.14. The van der Waals surface area contributed by atoms with Crippen LogP contribution in [0.4, 0.5) is 0 Å². The van der Waals surface area contributed by atoms with Gasteiger partial charge < -0.3 is 5.73 Å². The maximum Gasteiger partial charge on any atom is 0.0319 e. The summed E-state index contributed by atoms with van der Waals surface area (Å²) in [6.45, 7) is 0. The van der Waals surface area contributed by atoms with Gasteiger partial charge in [-0.2, -0.15) is 0 Å². The van der Waals surface area contributed by atoms with Crippen LogP contribution < -0.4 is 5.73 Å². The Hall–Kier alpha value is -0.470. The van der Waals surface area contributed by atoms with Crippen LogP contribution in [0.15, 0.2) is 29.2 Å². The molecule has 3 rings (SSSR count). The lowest BCUT2D eigenvalue weighted by molar-refractivity contribution is 0.314. The van der Waals surface area contributed by atoms with Gasteiger partial charge in [0.25, 0.3) is 0 Å². The normalized spacial score (nSPS) is 28.2. The highest BCUT2D eigenvalue weighted by molar-refractivity contribution is 8.00. The first-order chi connectivity index (χ1) is 6.79. The molecule has 2 N–H and O–H groups in total. The molecule has 1 aliphatic heterocycles. The van der Waals surface area contributed by atoms with Gasteiger partial charge in [0, 0.05) is 15.7 Å². The molecular weight excluding hydrogens is 190 g/mol. The fourth-order valence-electron chi connectivity index (χ4n) is 2.54. The maximum absolute atomic E-state index is 6.22. The average molecular weight is 205 g/mol. The van der Waals surface area contributed by atoms with Gasteiger partial charge in [-0.25, -0.2) is 0 Å². The zero-order valence-corrected chi connectivity index (χ0v) is 9.02. The van der Waals surface area contributed by atoms with E-state index in [4.69, 9.17) is 5.73 Å². The molecule has 14 heavy (non-hydrogen) atoms. The Labute approximate surface area is 89.1 Å². The molecule has 1 aromatic rings. The van der Waals surface area contributed by atoms with Gasteiger partial charge in [0.1, 0.15) is 0 Å². The number of thioether (sulfide) groups is 1. The van der Waals surface area contributed by atoms with E-state index in [2.05, 4.69) is 36.0 Å². The molecule has 1 aromatic carbocycles. The molecule has 1 nitrogen and oxygen atoms in total. The Morgan fingerprint density at radius 2 is 2.07 bits per heavy atom. The summed E-state index contributed by atoms with van der Waals surface area (Å²) in [6, 6.07) is 8.89. The molecule has 0 radical (unpaired) electrons. The molecular formula is C12H15NS. The lowest BCUT2D eigenvalue weighted by Gasteiger charge is -2.46. The molecule has 1 spiro atoms. The third kappa shape index (κ3) is 1.21. The van der Waals surface area contributed by atoms with Crippen molar-refractivity contribution in [2.45, 2.75) is 41.4 Å². The predicted octanol–water partition coefficient (Wildman–Crippen LogP) is 3.10. The molecule has 0 amide bonds. The second kappa shape index (κ2) is 3.01. The predicted molar refractivity (Wildman–Crippen MR) is 60.4 cm³/mol. The molecule has 1 fully saturated rings. The first kappa shape index (κ1) is 8.81. The Morgan fingerprint density at radius 3 is 2.79 bits per heavy atom. The molecule has 1 aliphatic carbocycles. The molecule has 74 valence electrons. The summed E-state index contributed by atoms with van der Waals surface area (Å²) in [5, 5.41) is 0. The zero-order chi connectivity index (χ0) is 9.60. The highest BCUT2D eigenvalue weighted by atomic mass is 32.2. The van der Waals surface area contributed by atoms with Gasteiger partial charge in [0.05, 0.1) is 0 Å². The monoisotopic (exact) mass is 205 g/mol. The summed E-state index contributed by atoms with van der Waals surface area (Å²) in [6.07, 6.45) is 5.29. The van der Waals surface area contributed by atoms with E-state index >= 15 is 0 Å². The minimum absolute atomic E-state index is 0.271. The van der Waals surface area contributed by atoms with E-state index in [0.717, 1.165) is 0 Å². The van der Waals surface area contributed by atoms with Crippen molar-refractivity contribution < 1.29 is 0 Å². The summed E-state index contributed by atoms with van der Waals surface area (Å²) >= 11 is 2.07. The van der Waals surface area contributed by atoms with Crippen molar-refractivity contribution in [1.29, 1.82) is 0 Å². The van der Waals surface area contributed by atoms with Crippen LogP contribution in [0.1, 0.15) is 37.3 Å². The van der Waals surface area contributed by atoms with Crippen molar-refractivity contribution in [3.63, 3.8) is 0 Å². The number of fused-ring (bicyclic) bond motifs is 1. The molecule has 0 saturated heterocycles. The molecule has 1 heterocycles. The summed E-state index contributed by atoms with van der Waals surface area (Å²) in [4.78, 5) is 1.42. The largest absolute Gasteiger partial charge is 0.324 e. The maximum atomic E-state index is 6.22. The topological polar surface area (TPSA) is 26.0 Å². The van der Waals surface area contributed by atoms with Crippen molar-refractivity contribution in [3.05, 3.63) is 29.8 Å². The quantitative estimate of drug-likeness (QED) is 0.704. The standard InChI is InChI=1S/C12H15NS/c13-10-8-12(6-3-7-12)14-11-5-2-1-4-9(10)11/h1-2,4-5,10H,3,6-8,13H2/t10-/m0/s1. The molecule has 0 bridgehead atoms. The van der Waals surface area contributed by atoms with E-state index in [-0.39, 0.29) is 6.04 Å². The number of hydrogen-bond acceptors (Lipinski definition) is 2. The molecule has 0 unspecified atom stereocenters. The molecule has 2 heteroatoms. The minimum atomic E-state index is 0.271. The summed E-state index contributed by atoms with van der Waals surface area (Å²) in [7, 11) is 0. The molecule has 1 atom stereocenters. The van der Waals surface area contributed by atoms with E-state index in [1.165, 1.54) is 36.1 Å². The van der Waals surface area contributed by atoms with Crippen LogP contribution in [0, 0.1) is 0 Å². The Bertz CT molecular complexity index is 357. The van der Waals surface area contributed by atoms with Crippen molar-refractivity contribution in [3.8, 4) is 0 Å². The van der Waals surface area contributed by atoms with Crippen LogP contribution >= 0.6 is 11.8 Å².